The maximum absolute atomic E-state index is 12.5. The maximum atomic E-state index is 12.5. The van der Waals surface area contributed by atoms with E-state index < -0.39 is 0 Å². The first-order chi connectivity index (χ1) is 15.1. The molecule has 160 valence electrons. The summed E-state index contributed by atoms with van der Waals surface area (Å²) in [4.78, 5) is 29.0. The Bertz CT molecular complexity index is 1050. The average Bonchev–Trinajstić information content (AvgIpc) is 3.23. The van der Waals surface area contributed by atoms with Gasteiger partial charge in [0, 0.05) is 42.9 Å². The normalized spacial score (nSPS) is 13.8. The third-order valence-corrected chi connectivity index (χ3v) is 5.22. The summed E-state index contributed by atoms with van der Waals surface area (Å²) in [6, 6.07) is 12.9. The Morgan fingerprint density at radius 1 is 1.06 bits per heavy atom. The number of carbonyl (C=O) groups is 2. The molecule has 1 aliphatic heterocycles. The predicted molar refractivity (Wildman–Crippen MR) is 116 cm³/mol. The molecule has 7 nitrogen and oxygen atoms in total. The van der Waals surface area contributed by atoms with E-state index >= 15 is 0 Å². The number of rotatable bonds is 7. The molecular weight excluding hydrogens is 394 g/mol. The Kier molecular flexibility index (Phi) is 6.31. The zero-order chi connectivity index (χ0) is 21.6. The molecule has 31 heavy (non-hydrogen) atoms. The average molecular weight is 419 g/mol. The predicted octanol–water partition coefficient (Wildman–Crippen LogP) is 3.87. The van der Waals surface area contributed by atoms with Gasteiger partial charge in [-0.05, 0) is 42.8 Å². The van der Waals surface area contributed by atoms with Crippen LogP contribution in [0.3, 0.4) is 0 Å². The van der Waals surface area contributed by atoms with Gasteiger partial charge in [-0.2, -0.15) is 0 Å². The van der Waals surface area contributed by atoms with Crippen molar-refractivity contribution in [3.63, 3.8) is 0 Å². The van der Waals surface area contributed by atoms with Crippen LogP contribution in [-0.2, 0) is 4.79 Å². The van der Waals surface area contributed by atoms with Crippen LogP contribution in [0.2, 0.25) is 0 Å². The molecule has 1 aliphatic rings. The highest BCUT2D eigenvalue weighted by Crippen LogP contribution is 2.30. The topological polar surface area (TPSA) is 82.5 Å². The highest BCUT2D eigenvalue weighted by Gasteiger charge is 2.16. The Morgan fingerprint density at radius 3 is 2.58 bits per heavy atom. The van der Waals surface area contributed by atoms with Crippen LogP contribution < -0.4 is 14.8 Å². The van der Waals surface area contributed by atoms with Crippen molar-refractivity contribution < 1.29 is 19.1 Å². The fourth-order valence-electron chi connectivity index (χ4n) is 3.45. The monoisotopic (exact) mass is 419 g/mol. The lowest BCUT2D eigenvalue weighted by Crippen LogP contribution is -2.27. The van der Waals surface area contributed by atoms with Crippen LogP contribution in [0, 0.1) is 0 Å². The molecular formula is C24H25N3O4. The molecule has 4 rings (SSSR count). The summed E-state index contributed by atoms with van der Waals surface area (Å²) in [6.07, 6.45) is 6.41. The van der Waals surface area contributed by atoms with Crippen LogP contribution >= 0.6 is 0 Å². The molecule has 0 saturated heterocycles. The number of nitrogens with one attached hydrogen (secondary N) is 1. The van der Waals surface area contributed by atoms with Crippen molar-refractivity contribution in [2.45, 2.75) is 32.2 Å². The number of benzene rings is 2. The first-order valence-corrected chi connectivity index (χ1v) is 10.4. The molecule has 7 heteroatoms. The molecule has 0 aliphatic carbocycles. The van der Waals surface area contributed by atoms with Crippen molar-refractivity contribution in [3.8, 4) is 17.2 Å². The summed E-state index contributed by atoms with van der Waals surface area (Å²) < 4.78 is 13.1. The van der Waals surface area contributed by atoms with Crippen LogP contribution in [-0.4, -0.2) is 34.5 Å². The van der Waals surface area contributed by atoms with E-state index in [-0.39, 0.29) is 30.6 Å². The van der Waals surface area contributed by atoms with Gasteiger partial charge in [0.1, 0.15) is 0 Å². The molecule has 0 bridgehead atoms. The molecule has 0 saturated carbocycles. The summed E-state index contributed by atoms with van der Waals surface area (Å²) in [5.41, 5.74) is 2.52. The van der Waals surface area contributed by atoms with Crippen LogP contribution in [0.4, 0.5) is 0 Å². The van der Waals surface area contributed by atoms with Crippen molar-refractivity contribution in [3.05, 3.63) is 72.3 Å². The minimum Gasteiger partial charge on any atom is -0.490 e. The van der Waals surface area contributed by atoms with E-state index in [1.807, 2.05) is 42.0 Å². The number of fused-ring (bicyclic) bond motifs is 1. The first kappa shape index (κ1) is 20.7. The zero-order valence-electron chi connectivity index (χ0n) is 17.4. The van der Waals surface area contributed by atoms with Gasteiger partial charge in [-0.15, -0.1) is 0 Å². The maximum Gasteiger partial charge on any atom is 0.220 e. The standard InChI is InChI=1S/C24H25N3O4/c1-17(18-3-6-20(7-4-18)27-12-11-25-16-27)26-24(29)10-8-21(28)19-5-9-22-23(15-19)31-14-2-13-30-22/h3-7,9,11-12,15-17H,2,8,10,13-14H2,1H3,(H,26,29)/t17-/m0/s1. The molecule has 0 fully saturated rings. The molecule has 1 atom stereocenters. The smallest absolute Gasteiger partial charge is 0.220 e. The Morgan fingerprint density at radius 2 is 1.84 bits per heavy atom. The van der Waals surface area contributed by atoms with Crippen molar-refractivity contribution in [1.82, 2.24) is 14.9 Å². The van der Waals surface area contributed by atoms with Gasteiger partial charge >= 0.3 is 0 Å². The number of Topliss-reactive ketones (excluding diaryl/α,β-unsaturated/α-hetero) is 1. The van der Waals surface area contributed by atoms with Gasteiger partial charge < -0.3 is 19.4 Å². The SMILES string of the molecule is C[C@H](NC(=O)CCC(=O)c1ccc2c(c1)OCCCO2)c1ccc(-n2ccnc2)cc1. The zero-order valence-corrected chi connectivity index (χ0v) is 17.4. The van der Waals surface area contributed by atoms with Gasteiger partial charge in [0.25, 0.3) is 0 Å². The molecule has 0 spiro atoms. The van der Waals surface area contributed by atoms with Crippen molar-refractivity contribution >= 4 is 11.7 Å². The fraction of sp³-hybridized carbons (Fsp3) is 0.292. The summed E-state index contributed by atoms with van der Waals surface area (Å²) in [5.74, 6) is 0.984. The third-order valence-electron chi connectivity index (χ3n) is 5.22. The number of hydrogen-bond donors (Lipinski definition) is 1. The lowest BCUT2D eigenvalue weighted by Gasteiger charge is -2.15. The fourth-order valence-corrected chi connectivity index (χ4v) is 3.45. The molecule has 1 N–H and O–H groups in total. The molecule has 0 radical (unpaired) electrons. The highest BCUT2D eigenvalue weighted by molar-refractivity contribution is 5.98. The molecule has 3 aromatic rings. The van der Waals surface area contributed by atoms with Crippen molar-refractivity contribution in [2.24, 2.45) is 0 Å². The van der Waals surface area contributed by atoms with Crippen LogP contribution in [0.15, 0.2) is 61.2 Å². The molecule has 1 aromatic heterocycles. The summed E-state index contributed by atoms with van der Waals surface area (Å²) >= 11 is 0. The van der Waals surface area contributed by atoms with E-state index in [1.165, 1.54) is 0 Å². The Labute approximate surface area is 181 Å². The van der Waals surface area contributed by atoms with Gasteiger partial charge in [0.05, 0.1) is 25.6 Å². The van der Waals surface area contributed by atoms with Crippen LogP contribution in [0.1, 0.15) is 48.1 Å². The molecule has 0 unspecified atom stereocenters. The largest absolute Gasteiger partial charge is 0.490 e. The van der Waals surface area contributed by atoms with E-state index in [1.54, 1.807) is 30.7 Å². The van der Waals surface area contributed by atoms with Gasteiger partial charge in [-0.3, -0.25) is 9.59 Å². The Hall–Kier alpha value is -3.61. The minimum atomic E-state index is -0.158. The van der Waals surface area contributed by atoms with E-state index in [0.717, 1.165) is 17.7 Å². The van der Waals surface area contributed by atoms with E-state index in [4.69, 9.17) is 9.47 Å². The third kappa shape index (κ3) is 5.12. The second-order valence-electron chi connectivity index (χ2n) is 7.49. The van der Waals surface area contributed by atoms with Crippen LogP contribution in [0.5, 0.6) is 11.5 Å². The second kappa shape index (κ2) is 9.47. The number of hydrogen-bond acceptors (Lipinski definition) is 5. The highest BCUT2D eigenvalue weighted by atomic mass is 16.5. The minimum absolute atomic E-state index is 0.0943. The molecule has 1 amide bonds. The summed E-state index contributed by atoms with van der Waals surface area (Å²) in [5, 5.41) is 2.96. The van der Waals surface area contributed by atoms with Gasteiger partial charge in [-0.25, -0.2) is 4.98 Å². The Balaban J connectivity index is 1.29. The lowest BCUT2D eigenvalue weighted by atomic mass is 10.0. The van der Waals surface area contributed by atoms with Gasteiger partial charge in [0.2, 0.25) is 5.91 Å². The van der Waals surface area contributed by atoms with E-state index in [9.17, 15) is 9.59 Å². The number of amides is 1. The summed E-state index contributed by atoms with van der Waals surface area (Å²) in [6.45, 7) is 3.09. The quantitative estimate of drug-likeness (QED) is 0.588. The van der Waals surface area contributed by atoms with Crippen LogP contribution in [0.25, 0.3) is 5.69 Å². The van der Waals surface area contributed by atoms with E-state index in [0.29, 0.717) is 30.3 Å². The number of ketones is 1. The lowest BCUT2D eigenvalue weighted by molar-refractivity contribution is -0.121. The second-order valence-corrected chi connectivity index (χ2v) is 7.49. The van der Waals surface area contributed by atoms with E-state index in [2.05, 4.69) is 10.3 Å². The summed E-state index contributed by atoms with van der Waals surface area (Å²) in [7, 11) is 0. The number of ether oxygens (including phenoxy) is 2. The number of nitrogens with zero attached hydrogens (tertiary/aromatic N) is 2. The number of imidazole rings is 1. The van der Waals surface area contributed by atoms with Crippen molar-refractivity contribution in [1.29, 1.82) is 0 Å². The molecule has 2 aromatic carbocycles. The van der Waals surface area contributed by atoms with Crippen molar-refractivity contribution in [2.75, 3.05) is 13.2 Å². The number of carbonyl (C=O) groups excluding carboxylic acids is 2. The van der Waals surface area contributed by atoms with Gasteiger partial charge in [0.15, 0.2) is 17.3 Å². The number of aromatic nitrogens is 2. The van der Waals surface area contributed by atoms with Gasteiger partial charge in [-0.1, -0.05) is 12.1 Å². The molecule has 2 heterocycles. The first-order valence-electron chi connectivity index (χ1n) is 10.4.